The Morgan fingerprint density at radius 3 is 2.30 bits per heavy atom. The zero-order valence-corrected chi connectivity index (χ0v) is 18.9. The molecule has 2 aliphatic rings. The SMILES string of the molecule is O=C(Nc1ccc(C(=O)N2CCCC2)cc1)C1CCCN(C(=O)CCOc2ccccc2)C1. The molecule has 2 saturated heterocycles. The first-order valence-corrected chi connectivity index (χ1v) is 11.8. The summed E-state index contributed by atoms with van der Waals surface area (Å²) in [5.41, 5.74) is 1.31. The van der Waals surface area contributed by atoms with Gasteiger partial charge in [-0.2, -0.15) is 0 Å². The molecule has 2 aromatic rings. The van der Waals surface area contributed by atoms with Crippen LogP contribution in [-0.4, -0.2) is 60.3 Å². The van der Waals surface area contributed by atoms with Gasteiger partial charge in [0.1, 0.15) is 5.75 Å². The van der Waals surface area contributed by atoms with E-state index in [1.165, 1.54) is 0 Å². The summed E-state index contributed by atoms with van der Waals surface area (Å²) >= 11 is 0. The van der Waals surface area contributed by atoms with Gasteiger partial charge in [0.25, 0.3) is 5.91 Å². The normalized spacial score (nSPS) is 18.1. The predicted molar refractivity (Wildman–Crippen MR) is 126 cm³/mol. The number of nitrogens with one attached hydrogen (secondary N) is 1. The van der Waals surface area contributed by atoms with Gasteiger partial charge in [-0.25, -0.2) is 0 Å². The largest absolute Gasteiger partial charge is 0.493 e. The number of rotatable bonds is 7. The molecule has 2 aliphatic heterocycles. The van der Waals surface area contributed by atoms with Gasteiger partial charge in [-0.1, -0.05) is 18.2 Å². The van der Waals surface area contributed by atoms with Crippen LogP contribution in [0.4, 0.5) is 5.69 Å². The van der Waals surface area contributed by atoms with Crippen LogP contribution in [0.3, 0.4) is 0 Å². The summed E-state index contributed by atoms with van der Waals surface area (Å²) in [4.78, 5) is 41.5. The Morgan fingerprint density at radius 1 is 0.879 bits per heavy atom. The molecule has 3 amide bonds. The lowest BCUT2D eigenvalue weighted by Gasteiger charge is -2.32. The predicted octanol–water partition coefficient (Wildman–Crippen LogP) is 3.57. The lowest BCUT2D eigenvalue weighted by atomic mass is 9.96. The first kappa shape index (κ1) is 22.8. The summed E-state index contributed by atoms with van der Waals surface area (Å²) in [6, 6.07) is 16.5. The number of hydrogen-bond donors (Lipinski definition) is 1. The lowest BCUT2D eigenvalue weighted by Crippen LogP contribution is -2.44. The quantitative estimate of drug-likeness (QED) is 0.701. The van der Waals surface area contributed by atoms with Gasteiger partial charge >= 0.3 is 0 Å². The van der Waals surface area contributed by atoms with Crippen molar-refractivity contribution in [2.24, 2.45) is 5.92 Å². The van der Waals surface area contributed by atoms with Crippen molar-refractivity contribution in [1.82, 2.24) is 9.80 Å². The molecule has 1 N–H and O–H groups in total. The van der Waals surface area contributed by atoms with Gasteiger partial charge in [0.05, 0.1) is 18.9 Å². The van der Waals surface area contributed by atoms with E-state index in [9.17, 15) is 14.4 Å². The van der Waals surface area contributed by atoms with Crippen molar-refractivity contribution in [1.29, 1.82) is 0 Å². The Labute approximate surface area is 194 Å². The second-order valence-electron chi connectivity index (χ2n) is 8.66. The van der Waals surface area contributed by atoms with Crippen molar-refractivity contribution in [2.75, 3.05) is 38.1 Å². The van der Waals surface area contributed by atoms with Crippen LogP contribution >= 0.6 is 0 Å². The van der Waals surface area contributed by atoms with Crippen LogP contribution in [0.25, 0.3) is 0 Å². The molecule has 1 unspecified atom stereocenters. The zero-order chi connectivity index (χ0) is 23.0. The molecular formula is C26H31N3O4. The second kappa shape index (κ2) is 11.0. The number of ether oxygens (including phenoxy) is 1. The van der Waals surface area contributed by atoms with E-state index in [4.69, 9.17) is 4.74 Å². The maximum absolute atomic E-state index is 12.8. The summed E-state index contributed by atoms with van der Waals surface area (Å²) in [7, 11) is 0. The highest BCUT2D eigenvalue weighted by Gasteiger charge is 2.28. The molecule has 0 radical (unpaired) electrons. The Morgan fingerprint density at radius 2 is 1.58 bits per heavy atom. The van der Waals surface area contributed by atoms with Gasteiger partial charge in [0.15, 0.2) is 0 Å². The average molecular weight is 450 g/mol. The molecule has 0 aliphatic carbocycles. The van der Waals surface area contributed by atoms with Crippen LogP contribution in [0.2, 0.25) is 0 Å². The minimum Gasteiger partial charge on any atom is -0.493 e. The number of para-hydroxylation sites is 1. The lowest BCUT2D eigenvalue weighted by molar-refractivity contribution is -0.135. The molecule has 174 valence electrons. The number of hydrogen-bond acceptors (Lipinski definition) is 4. The number of carbonyl (C=O) groups excluding carboxylic acids is 3. The Kier molecular flexibility index (Phi) is 7.60. The van der Waals surface area contributed by atoms with E-state index in [2.05, 4.69) is 5.32 Å². The first-order chi connectivity index (χ1) is 16.1. The number of benzene rings is 2. The molecule has 7 nitrogen and oxygen atoms in total. The van der Waals surface area contributed by atoms with Crippen LogP contribution in [0.5, 0.6) is 5.75 Å². The minimum atomic E-state index is -0.247. The van der Waals surface area contributed by atoms with Gasteiger partial charge in [-0.05, 0) is 62.1 Å². The van der Waals surface area contributed by atoms with E-state index in [0.29, 0.717) is 30.9 Å². The summed E-state index contributed by atoms with van der Waals surface area (Å²) in [6.45, 7) is 3.03. The molecule has 1 atom stereocenters. The number of amides is 3. The van der Waals surface area contributed by atoms with Gasteiger partial charge in [-0.15, -0.1) is 0 Å². The Balaban J connectivity index is 1.25. The summed E-state index contributed by atoms with van der Waals surface area (Å²) in [5.74, 6) is 0.459. The number of carbonyl (C=O) groups is 3. The molecule has 7 heteroatoms. The molecule has 33 heavy (non-hydrogen) atoms. The zero-order valence-electron chi connectivity index (χ0n) is 18.9. The van der Waals surface area contributed by atoms with Gasteiger partial charge < -0.3 is 19.9 Å². The van der Waals surface area contributed by atoms with Gasteiger partial charge in [-0.3, -0.25) is 14.4 Å². The van der Waals surface area contributed by atoms with E-state index in [0.717, 1.165) is 44.5 Å². The molecule has 4 rings (SSSR count). The number of nitrogens with zero attached hydrogens (tertiary/aromatic N) is 2. The highest BCUT2D eigenvalue weighted by Crippen LogP contribution is 2.21. The fraction of sp³-hybridized carbons (Fsp3) is 0.423. The topological polar surface area (TPSA) is 79.0 Å². The first-order valence-electron chi connectivity index (χ1n) is 11.8. The van der Waals surface area contributed by atoms with E-state index in [1.54, 1.807) is 29.2 Å². The smallest absolute Gasteiger partial charge is 0.253 e. The molecule has 0 aromatic heterocycles. The highest BCUT2D eigenvalue weighted by atomic mass is 16.5. The second-order valence-corrected chi connectivity index (χ2v) is 8.66. The third-order valence-corrected chi connectivity index (χ3v) is 6.27. The van der Waals surface area contributed by atoms with Crippen molar-refractivity contribution in [3.63, 3.8) is 0 Å². The monoisotopic (exact) mass is 449 g/mol. The van der Waals surface area contributed by atoms with E-state index >= 15 is 0 Å². The van der Waals surface area contributed by atoms with Gasteiger partial charge in [0, 0.05) is 37.4 Å². The summed E-state index contributed by atoms with van der Waals surface area (Å²) in [5, 5.41) is 2.94. The summed E-state index contributed by atoms with van der Waals surface area (Å²) in [6.07, 6.45) is 3.95. The fourth-order valence-electron chi connectivity index (χ4n) is 4.39. The molecule has 0 saturated carbocycles. The van der Waals surface area contributed by atoms with E-state index < -0.39 is 0 Å². The van der Waals surface area contributed by atoms with Crippen molar-refractivity contribution < 1.29 is 19.1 Å². The van der Waals surface area contributed by atoms with Crippen molar-refractivity contribution in [3.05, 3.63) is 60.2 Å². The van der Waals surface area contributed by atoms with Gasteiger partial charge in [0.2, 0.25) is 11.8 Å². The van der Waals surface area contributed by atoms with Crippen LogP contribution < -0.4 is 10.1 Å². The number of likely N-dealkylation sites (tertiary alicyclic amines) is 2. The minimum absolute atomic E-state index is 0.00760. The van der Waals surface area contributed by atoms with E-state index in [1.807, 2.05) is 35.2 Å². The third-order valence-electron chi connectivity index (χ3n) is 6.27. The molecule has 0 bridgehead atoms. The van der Waals surface area contributed by atoms with Crippen molar-refractivity contribution >= 4 is 23.4 Å². The van der Waals surface area contributed by atoms with Crippen molar-refractivity contribution in [2.45, 2.75) is 32.1 Å². The molecule has 2 aromatic carbocycles. The van der Waals surface area contributed by atoms with E-state index in [-0.39, 0.29) is 30.1 Å². The molecule has 0 spiro atoms. The van der Waals surface area contributed by atoms with Crippen LogP contribution in [0, 0.1) is 5.92 Å². The Hall–Kier alpha value is -3.35. The van der Waals surface area contributed by atoms with Crippen molar-refractivity contribution in [3.8, 4) is 5.75 Å². The highest BCUT2D eigenvalue weighted by molar-refractivity contribution is 5.96. The third kappa shape index (κ3) is 6.12. The van der Waals surface area contributed by atoms with Crippen LogP contribution in [0.15, 0.2) is 54.6 Å². The number of piperidine rings is 1. The molecular weight excluding hydrogens is 418 g/mol. The standard InChI is InChI=1S/C26H31N3O4/c30-24(14-18-33-23-8-2-1-3-9-23)29-17-6-7-21(19-29)25(31)27-22-12-10-20(11-13-22)26(32)28-15-4-5-16-28/h1-3,8-13,21H,4-7,14-19H2,(H,27,31). The van der Waals surface area contributed by atoms with Crippen LogP contribution in [0.1, 0.15) is 42.5 Å². The van der Waals surface area contributed by atoms with Crippen LogP contribution in [-0.2, 0) is 9.59 Å². The fourth-order valence-corrected chi connectivity index (χ4v) is 4.39. The average Bonchev–Trinajstić information content (AvgIpc) is 3.40. The number of anilines is 1. The maximum atomic E-state index is 12.8. The molecule has 2 fully saturated rings. The summed E-state index contributed by atoms with van der Waals surface area (Å²) < 4.78 is 5.63. The Bertz CT molecular complexity index is 955. The molecule has 2 heterocycles. The maximum Gasteiger partial charge on any atom is 0.253 e.